The van der Waals surface area contributed by atoms with Gasteiger partial charge in [-0.05, 0) is 18.5 Å². The predicted octanol–water partition coefficient (Wildman–Crippen LogP) is 3.47. The number of nitrogens with zero attached hydrogens (tertiary/aromatic N) is 2. The lowest BCUT2D eigenvalue weighted by atomic mass is 10.2. The largest absolute Gasteiger partial charge is 0.312 e. The summed E-state index contributed by atoms with van der Waals surface area (Å²) in [6.07, 6.45) is 3.73. The number of hydrogen-bond acceptors (Lipinski definition) is 2. The molecule has 0 unspecified atom stereocenters. The third-order valence-electron chi connectivity index (χ3n) is 2.93. The van der Waals surface area contributed by atoms with Gasteiger partial charge in [0.15, 0.2) is 0 Å². The van der Waals surface area contributed by atoms with Crippen LogP contribution in [0.5, 0.6) is 0 Å². The molecule has 1 aromatic carbocycles. The van der Waals surface area contributed by atoms with Crippen molar-refractivity contribution in [1.29, 1.82) is 0 Å². The third-order valence-corrected chi connectivity index (χ3v) is 3.22. The van der Waals surface area contributed by atoms with Crippen LogP contribution in [0.2, 0.25) is 5.02 Å². The van der Waals surface area contributed by atoms with Gasteiger partial charge in [0.25, 0.3) is 0 Å². The Bertz CT molecular complexity index is 566. The van der Waals surface area contributed by atoms with E-state index < -0.39 is 0 Å². The topological polar surface area (TPSA) is 29.9 Å². The van der Waals surface area contributed by atoms with Crippen molar-refractivity contribution in [1.82, 2.24) is 15.1 Å². The minimum Gasteiger partial charge on any atom is -0.312 e. The Labute approximate surface area is 123 Å². The van der Waals surface area contributed by atoms with Crippen LogP contribution in [-0.4, -0.2) is 16.3 Å². The van der Waals surface area contributed by atoms with Gasteiger partial charge in [0.2, 0.25) is 0 Å². The molecule has 0 fully saturated rings. The highest BCUT2D eigenvalue weighted by molar-refractivity contribution is 6.30. The Kier molecular flexibility index (Phi) is 5.15. The number of halogens is 2. The molecule has 0 aliphatic carbocycles. The van der Waals surface area contributed by atoms with E-state index in [1.807, 2.05) is 6.20 Å². The molecule has 0 saturated heterocycles. The second-order valence-electron chi connectivity index (χ2n) is 5.28. The molecule has 20 heavy (non-hydrogen) atoms. The Morgan fingerprint density at radius 3 is 2.95 bits per heavy atom. The normalized spacial score (nSPS) is 11.2. The van der Waals surface area contributed by atoms with Crippen molar-refractivity contribution in [2.75, 3.05) is 6.54 Å². The lowest BCUT2D eigenvalue weighted by molar-refractivity contribution is 0.551. The summed E-state index contributed by atoms with van der Waals surface area (Å²) < 4.78 is 15.5. The van der Waals surface area contributed by atoms with E-state index in [2.05, 4.69) is 24.3 Å². The molecule has 1 N–H and O–H groups in total. The summed E-state index contributed by atoms with van der Waals surface area (Å²) in [5, 5.41) is 7.74. The fraction of sp³-hybridized carbons (Fsp3) is 0.400. The first-order chi connectivity index (χ1) is 9.56. The highest BCUT2D eigenvalue weighted by Crippen LogP contribution is 2.18. The van der Waals surface area contributed by atoms with Crippen LogP contribution in [0.3, 0.4) is 0 Å². The second-order valence-corrected chi connectivity index (χ2v) is 5.69. The molecule has 1 heterocycles. The van der Waals surface area contributed by atoms with Gasteiger partial charge in [-0.2, -0.15) is 5.10 Å². The minimum absolute atomic E-state index is 0.147. The maximum Gasteiger partial charge on any atom is 0.146 e. The van der Waals surface area contributed by atoms with Gasteiger partial charge >= 0.3 is 0 Å². The number of rotatable bonds is 6. The fourth-order valence-electron chi connectivity index (χ4n) is 1.93. The van der Waals surface area contributed by atoms with Crippen LogP contribution in [-0.2, 0) is 13.1 Å². The molecule has 3 nitrogen and oxygen atoms in total. The minimum atomic E-state index is -0.371. The molecule has 0 amide bonds. The first-order valence-electron chi connectivity index (χ1n) is 6.71. The summed E-state index contributed by atoms with van der Waals surface area (Å²) in [5.74, 6) is 0.245. The molecule has 0 radical (unpaired) electrons. The van der Waals surface area contributed by atoms with Gasteiger partial charge in [0.05, 0.1) is 17.8 Å². The van der Waals surface area contributed by atoms with Crippen LogP contribution in [0.25, 0.3) is 0 Å². The molecule has 0 aliphatic heterocycles. The van der Waals surface area contributed by atoms with Crippen molar-refractivity contribution >= 4 is 11.6 Å². The quantitative estimate of drug-likeness (QED) is 0.884. The molecule has 2 rings (SSSR count). The van der Waals surface area contributed by atoms with E-state index in [1.54, 1.807) is 29.1 Å². The zero-order chi connectivity index (χ0) is 14.5. The van der Waals surface area contributed by atoms with Gasteiger partial charge in [-0.15, -0.1) is 0 Å². The van der Waals surface area contributed by atoms with E-state index in [-0.39, 0.29) is 10.8 Å². The lowest BCUT2D eigenvalue weighted by Crippen LogP contribution is -2.18. The summed E-state index contributed by atoms with van der Waals surface area (Å²) in [6.45, 7) is 6.46. The number of hydrogen-bond donors (Lipinski definition) is 1. The van der Waals surface area contributed by atoms with Crippen molar-refractivity contribution < 1.29 is 4.39 Å². The maximum absolute atomic E-state index is 13.8. The molecule has 108 valence electrons. The van der Waals surface area contributed by atoms with Crippen LogP contribution in [0.1, 0.15) is 25.0 Å². The van der Waals surface area contributed by atoms with Gasteiger partial charge in [-0.1, -0.05) is 37.6 Å². The zero-order valence-corrected chi connectivity index (χ0v) is 12.5. The Balaban J connectivity index is 1.97. The van der Waals surface area contributed by atoms with E-state index in [0.29, 0.717) is 18.0 Å². The van der Waals surface area contributed by atoms with Crippen molar-refractivity contribution in [2.45, 2.75) is 26.9 Å². The Hall–Kier alpha value is -1.39. The number of benzene rings is 1. The highest BCUT2D eigenvalue weighted by Gasteiger charge is 2.07. The van der Waals surface area contributed by atoms with Gasteiger partial charge < -0.3 is 5.32 Å². The van der Waals surface area contributed by atoms with Crippen LogP contribution >= 0.6 is 11.6 Å². The highest BCUT2D eigenvalue weighted by atomic mass is 35.5. The van der Waals surface area contributed by atoms with Gasteiger partial charge in [-0.3, -0.25) is 4.68 Å². The monoisotopic (exact) mass is 295 g/mol. The number of aromatic nitrogens is 2. The van der Waals surface area contributed by atoms with E-state index in [0.717, 1.165) is 18.7 Å². The van der Waals surface area contributed by atoms with E-state index in [9.17, 15) is 4.39 Å². The average molecular weight is 296 g/mol. The Morgan fingerprint density at radius 2 is 2.20 bits per heavy atom. The molecule has 5 heteroatoms. The molecular weight excluding hydrogens is 277 g/mol. The first kappa shape index (κ1) is 15.0. The molecule has 2 aromatic rings. The van der Waals surface area contributed by atoms with Gasteiger partial charge in [0.1, 0.15) is 5.82 Å². The van der Waals surface area contributed by atoms with Gasteiger partial charge in [-0.25, -0.2) is 4.39 Å². The zero-order valence-electron chi connectivity index (χ0n) is 11.7. The average Bonchev–Trinajstić information content (AvgIpc) is 2.82. The summed E-state index contributed by atoms with van der Waals surface area (Å²) >= 11 is 5.77. The third kappa shape index (κ3) is 4.05. The van der Waals surface area contributed by atoms with Crippen LogP contribution < -0.4 is 5.32 Å². The van der Waals surface area contributed by atoms with E-state index >= 15 is 0 Å². The summed E-state index contributed by atoms with van der Waals surface area (Å²) in [6, 6.07) is 5.01. The second kappa shape index (κ2) is 6.86. The fourth-order valence-corrected chi connectivity index (χ4v) is 2.13. The van der Waals surface area contributed by atoms with Crippen molar-refractivity contribution in [2.24, 2.45) is 5.92 Å². The smallest absolute Gasteiger partial charge is 0.146 e. The molecule has 1 aromatic heterocycles. The van der Waals surface area contributed by atoms with Crippen LogP contribution in [0.15, 0.2) is 30.6 Å². The standard InChI is InChI=1S/C15H19ClFN3/c1-11(2)6-18-7-12-8-19-20(9-12)10-13-4-3-5-14(16)15(13)17/h3-5,8-9,11,18H,6-7,10H2,1-2H3. The summed E-state index contributed by atoms with van der Waals surface area (Å²) in [4.78, 5) is 0. The van der Waals surface area contributed by atoms with Crippen molar-refractivity contribution in [3.63, 3.8) is 0 Å². The van der Waals surface area contributed by atoms with Crippen LogP contribution in [0.4, 0.5) is 4.39 Å². The van der Waals surface area contributed by atoms with Crippen LogP contribution in [0, 0.1) is 11.7 Å². The maximum atomic E-state index is 13.8. The molecule has 0 aliphatic rings. The van der Waals surface area contributed by atoms with Crippen molar-refractivity contribution in [3.05, 3.63) is 52.6 Å². The molecule has 0 bridgehead atoms. The van der Waals surface area contributed by atoms with E-state index in [1.165, 1.54) is 0 Å². The number of nitrogens with one attached hydrogen (secondary N) is 1. The summed E-state index contributed by atoms with van der Waals surface area (Å²) in [7, 11) is 0. The Morgan fingerprint density at radius 1 is 1.40 bits per heavy atom. The molecule has 0 atom stereocenters. The van der Waals surface area contributed by atoms with E-state index in [4.69, 9.17) is 11.6 Å². The first-order valence-corrected chi connectivity index (χ1v) is 7.09. The molecule has 0 spiro atoms. The van der Waals surface area contributed by atoms with Gasteiger partial charge in [0, 0.05) is 23.9 Å². The predicted molar refractivity (Wildman–Crippen MR) is 79.3 cm³/mol. The SMILES string of the molecule is CC(C)CNCc1cnn(Cc2cccc(Cl)c2F)c1. The molecular formula is C15H19ClFN3. The van der Waals surface area contributed by atoms with Crippen molar-refractivity contribution in [3.8, 4) is 0 Å². The lowest BCUT2D eigenvalue weighted by Gasteiger charge is -2.06. The molecule has 0 saturated carbocycles. The summed E-state index contributed by atoms with van der Waals surface area (Å²) in [5.41, 5.74) is 1.63.